The highest BCUT2D eigenvalue weighted by Crippen LogP contribution is 2.28. The number of rotatable bonds is 8. The van der Waals surface area contributed by atoms with E-state index in [0.717, 1.165) is 4.88 Å². The van der Waals surface area contributed by atoms with Crippen LogP contribution in [-0.4, -0.2) is 44.3 Å². The van der Waals surface area contributed by atoms with Gasteiger partial charge in [0.15, 0.2) is 0 Å². The van der Waals surface area contributed by atoms with Crippen LogP contribution in [0.2, 0.25) is 0 Å². The number of esters is 1. The molecule has 1 aliphatic heterocycles. The fraction of sp³-hybridized carbons (Fsp3) is 0.478. The standard InChI is InChI=1S/C23H30N2O5S2/c1-4-30-23(27)18-7-9-19(10-8-18)32(28,29)25-13-11-17(12-14-25)22(26)24-21(16(2)3)20-6-5-15-31-20/h5-10,15-17,21H,4,11-14H2,1-3H3,(H,24,26). The molecule has 0 saturated carbocycles. The summed E-state index contributed by atoms with van der Waals surface area (Å²) in [6, 6.07) is 9.73. The molecule has 1 atom stereocenters. The molecule has 1 aromatic carbocycles. The molecule has 1 fully saturated rings. The molecule has 32 heavy (non-hydrogen) atoms. The van der Waals surface area contributed by atoms with Crippen LogP contribution in [0.4, 0.5) is 0 Å². The molecule has 7 nitrogen and oxygen atoms in total. The van der Waals surface area contributed by atoms with Crippen molar-refractivity contribution in [2.45, 2.75) is 44.6 Å². The van der Waals surface area contributed by atoms with Crippen molar-refractivity contribution in [3.8, 4) is 0 Å². The van der Waals surface area contributed by atoms with Gasteiger partial charge >= 0.3 is 5.97 Å². The highest BCUT2D eigenvalue weighted by Gasteiger charge is 2.33. The summed E-state index contributed by atoms with van der Waals surface area (Å²) in [5.41, 5.74) is 0.312. The van der Waals surface area contributed by atoms with Crippen LogP contribution >= 0.6 is 11.3 Å². The SMILES string of the molecule is CCOC(=O)c1ccc(S(=O)(=O)N2CCC(C(=O)NC(c3cccs3)C(C)C)CC2)cc1. The monoisotopic (exact) mass is 478 g/mol. The maximum absolute atomic E-state index is 13.0. The molecular formula is C23H30N2O5S2. The molecule has 1 aromatic heterocycles. The minimum atomic E-state index is -3.69. The van der Waals surface area contributed by atoms with Gasteiger partial charge in [0.1, 0.15) is 0 Å². The average molecular weight is 479 g/mol. The number of benzene rings is 1. The third-order valence-corrected chi connectivity index (χ3v) is 8.51. The van der Waals surface area contributed by atoms with E-state index in [0.29, 0.717) is 18.4 Å². The van der Waals surface area contributed by atoms with Gasteiger partial charge in [0.2, 0.25) is 15.9 Å². The second-order valence-electron chi connectivity index (χ2n) is 8.17. The van der Waals surface area contributed by atoms with E-state index in [2.05, 4.69) is 19.2 Å². The minimum absolute atomic E-state index is 0.0204. The van der Waals surface area contributed by atoms with Gasteiger partial charge in [-0.15, -0.1) is 11.3 Å². The molecule has 1 N–H and O–H groups in total. The van der Waals surface area contributed by atoms with Crippen molar-refractivity contribution in [1.29, 1.82) is 0 Å². The van der Waals surface area contributed by atoms with Crippen LogP contribution in [0, 0.1) is 11.8 Å². The van der Waals surface area contributed by atoms with Gasteiger partial charge in [0, 0.05) is 23.9 Å². The summed E-state index contributed by atoms with van der Waals surface area (Å²) < 4.78 is 32.4. The molecule has 9 heteroatoms. The molecule has 3 rings (SSSR count). The van der Waals surface area contributed by atoms with Gasteiger partial charge < -0.3 is 10.1 Å². The Kier molecular flexibility index (Phi) is 8.08. The Balaban J connectivity index is 1.60. The molecule has 1 unspecified atom stereocenters. The van der Waals surface area contributed by atoms with Gasteiger partial charge in [-0.2, -0.15) is 4.31 Å². The van der Waals surface area contributed by atoms with Crippen LogP contribution in [0.3, 0.4) is 0 Å². The second kappa shape index (κ2) is 10.6. The third kappa shape index (κ3) is 5.57. The van der Waals surface area contributed by atoms with E-state index >= 15 is 0 Å². The first-order chi connectivity index (χ1) is 15.2. The number of carbonyl (C=O) groups is 2. The summed E-state index contributed by atoms with van der Waals surface area (Å²) in [6.45, 7) is 6.69. The van der Waals surface area contributed by atoms with Crippen LogP contribution in [0.1, 0.15) is 54.9 Å². The lowest BCUT2D eigenvalue weighted by molar-refractivity contribution is -0.127. The number of nitrogens with zero attached hydrogens (tertiary/aromatic N) is 1. The molecular weight excluding hydrogens is 448 g/mol. The van der Waals surface area contributed by atoms with Crippen LogP contribution < -0.4 is 5.32 Å². The number of carbonyl (C=O) groups excluding carboxylic acids is 2. The predicted octanol–water partition coefficient (Wildman–Crippen LogP) is 3.84. The Morgan fingerprint density at radius 2 is 1.81 bits per heavy atom. The van der Waals surface area contributed by atoms with Gasteiger partial charge in [0.05, 0.1) is 23.1 Å². The van der Waals surface area contributed by atoms with Crippen molar-refractivity contribution in [2.75, 3.05) is 19.7 Å². The zero-order valence-electron chi connectivity index (χ0n) is 18.6. The molecule has 0 spiro atoms. The fourth-order valence-corrected chi connectivity index (χ4v) is 6.21. The second-order valence-corrected chi connectivity index (χ2v) is 11.1. The van der Waals surface area contributed by atoms with E-state index < -0.39 is 16.0 Å². The number of sulfonamides is 1. The van der Waals surface area contributed by atoms with Crippen molar-refractivity contribution in [3.63, 3.8) is 0 Å². The number of thiophene rings is 1. The van der Waals surface area contributed by atoms with Gasteiger partial charge in [0.25, 0.3) is 0 Å². The number of hydrogen-bond acceptors (Lipinski definition) is 6. The molecule has 1 saturated heterocycles. The number of ether oxygens (including phenoxy) is 1. The highest BCUT2D eigenvalue weighted by molar-refractivity contribution is 7.89. The highest BCUT2D eigenvalue weighted by atomic mass is 32.2. The van der Waals surface area contributed by atoms with E-state index in [1.165, 1.54) is 28.6 Å². The summed E-state index contributed by atoms with van der Waals surface area (Å²) in [7, 11) is -3.69. The summed E-state index contributed by atoms with van der Waals surface area (Å²) in [5.74, 6) is -0.456. The van der Waals surface area contributed by atoms with Crippen molar-refractivity contribution in [2.24, 2.45) is 11.8 Å². The quantitative estimate of drug-likeness (QED) is 0.582. The van der Waals surface area contributed by atoms with Crippen molar-refractivity contribution in [3.05, 3.63) is 52.2 Å². The molecule has 2 heterocycles. The van der Waals surface area contributed by atoms with E-state index in [1.54, 1.807) is 18.3 Å². The molecule has 0 aliphatic carbocycles. The van der Waals surface area contributed by atoms with E-state index in [4.69, 9.17) is 4.74 Å². The minimum Gasteiger partial charge on any atom is -0.462 e. The number of amides is 1. The van der Waals surface area contributed by atoms with Crippen molar-refractivity contribution >= 4 is 33.2 Å². The molecule has 0 radical (unpaired) electrons. The molecule has 1 aliphatic rings. The van der Waals surface area contributed by atoms with Gasteiger partial charge in [-0.05, 0) is 61.4 Å². The zero-order chi connectivity index (χ0) is 23.3. The first-order valence-corrected chi connectivity index (χ1v) is 13.2. The maximum atomic E-state index is 13.0. The van der Waals surface area contributed by atoms with Crippen LogP contribution in [0.5, 0.6) is 0 Å². The lowest BCUT2D eigenvalue weighted by Gasteiger charge is -2.32. The zero-order valence-corrected chi connectivity index (χ0v) is 20.2. The molecule has 174 valence electrons. The number of piperidine rings is 1. The fourth-order valence-electron chi connectivity index (χ4n) is 3.79. The Labute approximate surface area is 193 Å². The normalized spacial score (nSPS) is 16.6. The average Bonchev–Trinajstić information content (AvgIpc) is 3.32. The van der Waals surface area contributed by atoms with Crippen LogP contribution in [0.25, 0.3) is 0 Å². The summed E-state index contributed by atoms with van der Waals surface area (Å²) in [5, 5.41) is 5.16. The lowest BCUT2D eigenvalue weighted by Crippen LogP contribution is -2.44. The first-order valence-electron chi connectivity index (χ1n) is 10.8. The summed E-state index contributed by atoms with van der Waals surface area (Å²) in [6.07, 6.45) is 0.947. The smallest absolute Gasteiger partial charge is 0.338 e. The van der Waals surface area contributed by atoms with E-state index in [9.17, 15) is 18.0 Å². The topological polar surface area (TPSA) is 92.8 Å². The molecule has 2 aromatic rings. The van der Waals surface area contributed by atoms with Crippen LogP contribution in [-0.2, 0) is 19.6 Å². The predicted molar refractivity (Wildman–Crippen MR) is 124 cm³/mol. The van der Waals surface area contributed by atoms with E-state index in [-0.39, 0.29) is 48.4 Å². The lowest BCUT2D eigenvalue weighted by atomic mass is 9.95. The van der Waals surface area contributed by atoms with E-state index in [1.807, 2.05) is 17.5 Å². The molecule has 0 bridgehead atoms. The summed E-state index contributed by atoms with van der Waals surface area (Å²) in [4.78, 5) is 25.9. The van der Waals surface area contributed by atoms with Gasteiger partial charge in [-0.1, -0.05) is 19.9 Å². The van der Waals surface area contributed by atoms with Crippen molar-refractivity contribution < 1.29 is 22.7 Å². The Morgan fingerprint density at radius 3 is 2.34 bits per heavy atom. The van der Waals surface area contributed by atoms with Crippen molar-refractivity contribution in [1.82, 2.24) is 9.62 Å². The Hall–Kier alpha value is -2.23. The van der Waals surface area contributed by atoms with Crippen LogP contribution in [0.15, 0.2) is 46.7 Å². The molecule has 1 amide bonds. The maximum Gasteiger partial charge on any atom is 0.338 e. The third-order valence-electron chi connectivity index (χ3n) is 5.64. The number of nitrogens with one attached hydrogen (secondary N) is 1. The Morgan fingerprint density at radius 1 is 1.16 bits per heavy atom. The van der Waals surface area contributed by atoms with Gasteiger partial charge in [-0.25, -0.2) is 13.2 Å². The first kappa shape index (κ1) is 24.4. The summed E-state index contributed by atoms with van der Waals surface area (Å²) >= 11 is 1.62. The Bertz CT molecular complexity index is 1010. The number of hydrogen-bond donors (Lipinski definition) is 1. The van der Waals surface area contributed by atoms with Gasteiger partial charge in [-0.3, -0.25) is 4.79 Å². The largest absolute Gasteiger partial charge is 0.462 e.